The van der Waals surface area contributed by atoms with Gasteiger partial charge in [-0.25, -0.2) is 0 Å². The number of fused-ring (bicyclic) bond motifs is 1. The summed E-state index contributed by atoms with van der Waals surface area (Å²) in [6.07, 6.45) is 4.24. The molecule has 0 saturated carbocycles. The van der Waals surface area contributed by atoms with E-state index in [4.69, 9.17) is 0 Å². The fourth-order valence-corrected chi connectivity index (χ4v) is 4.20. The van der Waals surface area contributed by atoms with Crippen LogP contribution in [0, 0.1) is 0 Å². The number of alkyl halides is 1. The molecule has 1 aliphatic rings. The Hall–Kier alpha value is -0.350. The van der Waals surface area contributed by atoms with Gasteiger partial charge in [-0.05, 0) is 49.6 Å². The highest BCUT2D eigenvalue weighted by Crippen LogP contribution is 2.35. The van der Waals surface area contributed by atoms with Crippen molar-refractivity contribution in [2.75, 3.05) is 0 Å². The first kappa shape index (κ1) is 14.1. The van der Waals surface area contributed by atoms with Gasteiger partial charge in [-0.1, -0.05) is 22.9 Å². The highest BCUT2D eigenvalue weighted by Gasteiger charge is 2.27. The summed E-state index contributed by atoms with van der Waals surface area (Å²) in [6.45, 7) is 4.19. The summed E-state index contributed by atoms with van der Waals surface area (Å²) in [5.74, 6) is 0.281. The topological polar surface area (TPSA) is 29.1 Å². The summed E-state index contributed by atoms with van der Waals surface area (Å²) in [4.78, 5) is 14.2. The van der Waals surface area contributed by atoms with Crippen molar-refractivity contribution < 1.29 is 4.79 Å². The monoisotopic (exact) mass is 329 g/mol. The van der Waals surface area contributed by atoms with Crippen LogP contribution in [0.15, 0.2) is 11.4 Å². The van der Waals surface area contributed by atoms with E-state index in [2.05, 4.69) is 46.5 Å². The van der Waals surface area contributed by atoms with Crippen LogP contribution in [0.25, 0.3) is 0 Å². The van der Waals surface area contributed by atoms with Crippen LogP contribution in [-0.2, 0) is 11.2 Å². The van der Waals surface area contributed by atoms with Crippen molar-refractivity contribution in [1.82, 2.24) is 5.32 Å². The van der Waals surface area contributed by atoms with Gasteiger partial charge in [-0.2, -0.15) is 0 Å². The Balaban J connectivity index is 1.99. The first-order valence-corrected chi connectivity index (χ1v) is 8.38. The highest BCUT2D eigenvalue weighted by atomic mass is 79.9. The van der Waals surface area contributed by atoms with Crippen molar-refractivity contribution in [3.8, 4) is 0 Å². The van der Waals surface area contributed by atoms with E-state index in [1.807, 2.05) is 0 Å². The SMILES string of the molecule is CC(Br)CC(C)NC(=O)C1CCCc2sccc21. The predicted molar refractivity (Wildman–Crippen MR) is 80.6 cm³/mol. The van der Waals surface area contributed by atoms with Crippen molar-refractivity contribution in [3.05, 3.63) is 21.9 Å². The zero-order valence-corrected chi connectivity index (χ0v) is 13.3. The Morgan fingerprint density at radius 3 is 3.11 bits per heavy atom. The van der Waals surface area contributed by atoms with Crippen molar-refractivity contribution in [1.29, 1.82) is 0 Å². The van der Waals surface area contributed by atoms with Gasteiger partial charge in [0.2, 0.25) is 5.91 Å². The minimum atomic E-state index is 0.0769. The van der Waals surface area contributed by atoms with E-state index in [9.17, 15) is 4.79 Å². The Bertz CT molecular complexity index is 416. The standard InChI is InChI=1S/C14H20BrNOS/c1-9(15)8-10(2)16-14(17)12-4-3-5-13-11(12)6-7-18-13/h6-7,9-10,12H,3-5,8H2,1-2H3,(H,16,17). The molecule has 3 unspecified atom stereocenters. The molecule has 0 saturated heterocycles. The average molecular weight is 330 g/mol. The van der Waals surface area contributed by atoms with Crippen LogP contribution < -0.4 is 5.32 Å². The molecule has 0 aromatic carbocycles. The fourth-order valence-electron chi connectivity index (χ4n) is 2.65. The van der Waals surface area contributed by atoms with Crippen LogP contribution in [-0.4, -0.2) is 16.8 Å². The first-order chi connectivity index (χ1) is 8.58. The minimum Gasteiger partial charge on any atom is -0.353 e. The molecule has 1 aliphatic carbocycles. The van der Waals surface area contributed by atoms with Gasteiger partial charge in [0.25, 0.3) is 0 Å². The smallest absolute Gasteiger partial charge is 0.227 e. The van der Waals surface area contributed by atoms with Gasteiger partial charge < -0.3 is 5.32 Å². The largest absolute Gasteiger partial charge is 0.353 e. The zero-order chi connectivity index (χ0) is 13.1. The van der Waals surface area contributed by atoms with E-state index in [1.54, 1.807) is 11.3 Å². The van der Waals surface area contributed by atoms with E-state index in [0.717, 1.165) is 25.7 Å². The number of hydrogen-bond donors (Lipinski definition) is 1. The van der Waals surface area contributed by atoms with E-state index in [-0.39, 0.29) is 17.9 Å². The second-order valence-electron chi connectivity index (χ2n) is 5.17. The van der Waals surface area contributed by atoms with E-state index >= 15 is 0 Å². The summed E-state index contributed by atoms with van der Waals surface area (Å²) in [7, 11) is 0. The van der Waals surface area contributed by atoms with Crippen LogP contribution in [0.3, 0.4) is 0 Å². The predicted octanol–water partition coefficient (Wildman–Crippen LogP) is 3.85. The lowest BCUT2D eigenvalue weighted by atomic mass is 9.87. The number of halogens is 1. The number of aryl methyl sites for hydroxylation is 1. The quantitative estimate of drug-likeness (QED) is 0.835. The lowest BCUT2D eigenvalue weighted by molar-refractivity contribution is -0.123. The summed E-state index contributed by atoms with van der Waals surface area (Å²) in [5, 5.41) is 5.26. The molecular formula is C14H20BrNOS. The molecule has 1 aromatic heterocycles. The van der Waals surface area contributed by atoms with E-state index in [0.29, 0.717) is 4.83 Å². The van der Waals surface area contributed by atoms with Gasteiger partial charge in [0.05, 0.1) is 5.92 Å². The lowest BCUT2D eigenvalue weighted by Crippen LogP contribution is -2.38. The Labute approximate surface area is 121 Å². The molecule has 2 nitrogen and oxygen atoms in total. The summed E-state index contributed by atoms with van der Waals surface area (Å²) in [6, 6.07) is 2.36. The van der Waals surface area contributed by atoms with Crippen LogP contribution in [0.4, 0.5) is 0 Å². The summed E-state index contributed by atoms with van der Waals surface area (Å²) >= 11 is 5.32. The molecule has 3 atom stereocenters. The van der Waals surface area contributed by atoms with Crippen LogP contribution in [0.5, 0.6) is 0 Å². The van der Waals surface area contributed by atoms with Crippen LogP contribution in [0.1, 0.15) is 49.5 Å². The molecule has 4 heteroatoms. The molecule has 100 valence electrons. The Morgan fingerprint density at radius 1 is 1.61 bits per heavy atom. The van der Waals surface area contributed by atoms with Crippen LogP contribution >= 0.6 is 27.3 Å². The van der Waals surface area contributed by atoms with Gasteiger partial charge in [0.1, 0.15) is 0 Å². The minimum absolute atomic E-state index is 0.0769. The number of amides is 1. The maximum absolute atomic E-state index is 12.3. The van der Waals surface area contributed by atoms with E-state index < -0.39 is 0 Å². The van der Waals surface area contributed by atoms with Gasteiger partial charge in [0.15, 0.2) is 0 Å². The number of nitrogens with one attached hydrogen (secondary N) is 1. The third kappa shape index (κ3) is 3.35. The Morgan fingerprint density at radius 2 is 2.39 bits per heavy atom. The van der Waals surface area contributed by atoms with Crippen molar-refractivity contribution in [2.24, 2.45) is 0 Å². The second-order valence-corrected chi connectivity index (χ2v) is 7.73. The third-order valence-electron chi connectivity index (χ3n) is 3.44. The zero-order valence-electron chi connectivity index (χ0n) is 10.9. The molecule has 1 amide bonds. The van der Waals surface area contributed by atoms with Gasteiger partial charge in [-0.15, -0.1) is 11.3 Å². The maximum Gasteiger partial charge on any atom is 0.227 e. The summed E-state index contributed by atoms with van der Waals surface area (Å²) < 4.78 is 0. The van der Waals surface area contributed by atoms with Gasteiger partial charge in [0, 0.05) is 15.7 Å². The van der Waals surface area contributed by atoms with E-state index in [1.165, 1.54) is 10.4 Å². The maximum atomic E-state index is 12.3. The molecule has 18 heavy (non-hydrogen) atoms. The van der Waals surface area contributed by atoms with Crippen LogP contribution in [0.2, 0.25) is 0 Å². The van der Waals surface area contributed by atoms with Crippen molar-refractivity contribution >= 4 is 33.2 Å². The molecular weight excluding hydrogens is 310 g/mol. The van der Waals surface area contributed by atoms with Gasteiger partial charge >= 0.3 is 0 Å². The number of carbonyl (C=O) groups is 1. The highest BCUT2D eigenvalue weighted by molar-refractivity contribution is 9.09. The normalized spacial score (nSPS) is 22.1. The van der Waals surface area contributed by atoms with Gasteiger partial charge in [-0.3, -0.25) is 4.79 Å². The van der Waals surface area contributed by atoms with Crippen molar-refractivity contribution in [2.45, 2.75) is 56.3 Å². The molecule has 1 heterocycles. The Kier molecular flexibility index (Phi) is 4.84. The number of carbonyl (C=O) groups excluding carboxylic acids is 1. The summed E-state index contributed by atoms with van der Waals surface area (Å²) in [5.41, 5.74) is 1.27. The average Bonchev–Trinajstić information content (AvgIpc) is 2.74. The molecule has 1 aromatic rings. The fraction of sp³-hybridized carbons (Fsp3) is 0.643. The molecule has 0 spiro atoms. The molecule has 0 aliphatic heterocycles. The molecule has 0 bridgehead atoms. The lowest BCUT2D eigenvalue weighted by Gasteiger charge is -2.24. The number of thiophene rings is 1. The number of hydrogen-bond acceptors (Lipinski definition) is 2. The molecule has 0 radical (unpaired) electrons. The molecule has 2 rings (SSSR count). The first-order valence-electron chi connectivity index (χ1n) is 6.58. The number of rotatable bonds is 4. The second kappa shape index (κ2) is 6.20. The molecule has 0 fully saturated rings. The third-order valence-corrected chi connectivity index (χ3v) is 4.81. The van der Waals surface area contributed by atoms with Crippen molar-refractivity contribution in [3.63, 3.8) is 0 Å². The molecule has 1 N–H and O–H groups in total.